The van der Waals surface area contributed by atoms with E-state index in [2.05, 4.69) is 0 Å². The summed E-state index contributed by atoms with van der Waals surface area (Å²) in [5.41, 5.74) is 4.83. The zero-order chi connectivity index (χ0) is 9.94. The Balaban J connectivity index is 4.11. The highest BCUT2D eigenvalue weighted by molar-refractivity contribution is 7.52. The summed E-state index contributed by atoms with van der Waals surface area (Å²) >= 11 is 0. The number of carbonyl (C=O) groups is 1. The molecule has 0 saturated heterocycles. The van der Waals surface area contributed by atoms with Gasteiger partial charge in [-0.15, -0.1) is 0 Å². The van der Waals surface area contributed by atoms with E-state index >= 15 is 0 Å². The van der Waals surface area contributed by atoms with Gasteiger partial charge in [-0.05, 0) is 0 Å². The molecule has 0 bridgehead atoms. The van der Waals surface area contributed by atoms with Gasteiger partial charge in [-0.2, -0.15) is 0 Å². The van der Waals surface area contributed by atoms with Gasteiger partial charge >= 0.3 is 13.6 Å². The number of hydrogen-bond donors (Lipinski definition) is 4. The first-order chi connectivity index (χ1) is 5.25. The minimum Gasteiger partial charge on any atom is -0.480 e. The van der Waals surface area contributed by atoms with Crippen molar-refractivity contribution in [3.05, 3.63) is 0 Å². The maximum Gasteiger partial charge on any atom is 0.359 e. The van der Waals surface area contributed by atoms with Gasteiger partial charge in [-0.25, -0.2) is 4.39 Å². The van der Waals surface area contributed by atoms with Crippen molar-refractivity contribution in [2.24, 2.45) is 5.73 Å². The van der Waals surface area contributed by atoms with Gasteiger partial charge in [0.1, 0.15) is 6.04 Å². The van der Waals surface area contributed by atoms with Crippen molar-refractivity contribution in [1.82, 2.24) is 0 Å². The fraction of sp³-hybridized carbons (Fsp3) is 0.750. The number of hydrogen-bond acceptors (Lipinski definition) is 3. The van der Waals surface area contributed by atoms with Crippen molar-refractivity contribution in [2.45, 2.75) is 18.4 Å². The van der Waals surface area contributed by atoms with Crippen LogP contribution in [-0.2, 0) is 9.36 Å². The topological polar surface area (TPSA) is 121 Å². The molecule has 2 atom stereocenters. The normalized spacial score (nSPS) is 17.0. The van der Waals surface area contributed by atoms with Gasteiger partial charge in [0.2, 0.25) is 5.91 Å². The smallest absolute Gasteiger partial charge is 0.359 e. The largest absolute Gasteiger partial charge is 0.480 e. The number of rotatable bonds is 4. The summed E-state index contributed by atoms with van der Waals surface area (Å²) in [6.07, 6.45) is -0.889. The van der Waals surface area contributed by atoms with Crippen LogP contribution < -0.4 is 5.73 Å². The quantitative estimate of drug-likeness (QED) is 0.444. The second kappa shape index (κ2) is 3.95. The SMILES string of the molecule is NC(CC(F)P(=O)(O)O)C(=O)O. The fourth-order valence-corrected chi connectivity index (χ4v) is 0.949. The Morgan fingerprint density at radius 2 is 2.00 bits per heavy atom. The van der Waals surface area contributed by atoms with Gasteiger partial charge in [0.25, 0.3) is 0 Å². The summed E-state index contributed by atoms with van der Waals surface area (Å²) in [7, 11) is -4.86. The van der Waals surface area contributed by atoms with Crippen LogP contribution in [0.3, 0.4) is 0 Å². The van der Waals surface area contributed by atoms with Crippen molar-refractivity contribution in [3.63, 3.8) is 0 Å². The Morgan fingerprint density at radius 1 is 1.58 bits per heavy atom. The van der Waals surface area contributed by atoms with Gasteiger partial charge < -0.3 is 20.6 Å². The maximum absolute atomic E-state index is 12.4. The summed E-state index contributed by atoms with van der Waals surface area (Å²) in [4.78, 5) is 26.4. The van der Waals surface area contributed by atoms with E-state index in [4.69, 9.17) is 20.6 Å². The summed E-state index contributed by atoms with van der Waals surface area (Å²) in [6, 6.07) is -1.59. The first-order valence-electron chi connectivity index (χ1n) is 2.93. The molecule has 0 aliphatic heterocycles. The van der Waals surface area contributed by atoms with Crippen molar-refractivity contribution >= 4 is 13.6 Å². The molecule has 6 nitrogen and oxygen atoms in total. The molecule has 0 aromatic rings. The standard InChI is InChI=1S/C4H9FNO5P/c5-3(12(9,10)11)1-2(6)4(7)8/h2-3H,1,6H2,(H,7,8)(H2,9,10,11). The van der Waals surface area contributed by atoms with Crippen LogP contribution >= 0.6 is 7.60 Å². The number of nitrogens with two attached hydrogens (primary N) is 1. The molecule has 0 spiro atoms. The van der Waals surface area contributed by atoms with Crippen LogP contribution in [0, 0.1) is 0 Å². The second-order valence-corrected chi connectivity index (χ2v) is 3.94. The predicted molar refractivity (Wildman–Crippen MR) is 37.2 cm³/mol. The maximum atomic E-state index is 12.4. The van der Waals surface area contributed by atoms with Crippen LogP contribution in [0.1, 0.15) is 6.42 Å². The molecule has 0 radical (unpaired) electrons. The van der Waals surface area contributed by atoms with E-state index in [1.54, 1.807) is 0 Å². The Kier molecular flexibility index (Phi) is 3.79. The summed E-state index contributed by atoms with van der Waals surface area (Å²) in [6.45, 7) is 0. The molecule has 2 unspecified atom stereocenters. The lowest BCUT2D eigenvalue weighted by molar-refractivity contribution is -0.138. The highest BCUT2D eigenvalue weighted by atomic mass is 31.2. The summed E-state index contributed by atoms with van der Waals surface area (Å²) in [5.74, 6) is -4.00. The van der Waals surface area contributed by atoms with Crippen molar-refractivity contribution < 1.29 is 28.6 Å². The van der Waals surface area contributed by atoms with Crippen molar-refractivity contribution in [3.8, 4) is 0 Å². The monoisotopic (exact) mass is 201 g/mol. The van der Waals surface area contributed by atoms with Crippen molar-refractivity contribution in [1.29, 1.82) is 0 Å². The first kappa shape index (κ1) is 11.5. The van der Waals surface area contributed by atoms with E-state index in [0.29, 0.717) is 0 Å². The van der Waals surface area contributed by atoms with Gasteiger partial charge in [0.05, 0.1) is 0 Å². The highest BCUT2D eigenvalue weighted by Gasteiger charge is 2.32. The third-order valence-electron chi connectivity index (χ3n) is 1.13. The summed E-state index contributed by atoms with van der Waals surface area (Å²) < 4.78 is 22.6. The fourth-order valence-electron chi connectivity index (χ4n) is 0.448. The average molecular weight is 201 g/mol. The molecule has 0 rings (SSSR count). The number of carboxylic acids is 1. The minimum absolute atomic E-state index is 0.889. The molecule has 0 aliphatic rings. The molecular weight excluding hydrogens is 192 g/mol. The number of alkyl halides is 1. The van der Waals surface area contributed by atoms with Gasteiger partial charge in [-0.3, -0.25) is 9.36 Å². The molecule has 0 aromatic heterocycles. The third kappa shape index (κ3) is 3.77. The average Bonchev–Trinajstić information content (AvgIpc) is 1.85. The zero-order valence-electron chi connectivity index (χ0n) is 5.92. The minimum atomic E-state index is -4.86. The van der Waals surface area contributed by atoms with Gasteiger partial charge in [-0.1, -0.05) is 0 Å². The Hall–Kier alpha value is -0.490. The van der Waals surface area contributed by atoms with E-state index in [-0.39, 0.29) is 0 Å². The molecule has 8 heteroatoms. The zero-order valence-corrected chi connectivity index (χ0v) is 6.82. The van der Waals surface area contributed by atoms with Crippen LogP contribution in [0.4, 0.5) is 4.39 Å². The highest BCUT2D eigenvalue weighted by Crippen LogP contribution is 2.43. The van der Waals surface area contributed by atoms with Crippen LogP contribution in [0.5, 0.6) is 0 Å². The Bertz CT molecular complexity index is 215. The molecule has 12 heavy (non-hydrogen) atoms. The Labute approximate surface area is 67.3 Å². The molecule has 0 saturated carbocycles. The number of carboxylic acid groups (broad SMARTS) is 1. The molecular formula is C4H9FNO5P. The second-order valence-electron chi connectivity index (χ2n) is 2.20. The van der Waals surface area contributed by atoms with Crippen LogP contribution in [-0.4, -0.2) is 32.8 Å². The molecule has 0 fully saturated rings. The van der Waals surface area contributed by atoms with Crippen molar-refractivity contribution in [2.75, 3.05) is 0 Å². The van der Waals surface area contributed by atoms with E-state index < -0.39 is 31.9 Å². The van der Waals surface area contributed by atoms with Crippen LogP contribution in [0.25, 0.3) is 0 Å². The third-order valence-corrected chi connectivity index (χ3v) is 2.07. The number of halogens is 1. The van der Waals surface area contributed by atoms with Crippen LogP contribution in [0.15, 0.2) is 0 Å². The predicted octanol–water partition coefficient (Wildman–Crippen LogP) is -0.738. The molecule has 72 valence electrons. The molecule has 0 aromatic carbocycles. The lowest BCUT2D eigenvalue weighted by Crippen LogP contribution is -2.32. The van der Waals surface area contributed by atoms with E-state index in [1.807, 2.05) is 0 Å². The summed E-state index contributed by atoms with van der Waals surface area (Å²) in [5, 5.41) is 8.15. The lowest BCUT2D eigenvalue weighted by Gasteiger charge is -2.11. The molecule has 0 heterocycles. The van der Waals surface area contributed by atoms with E-state index in [1.165, 1.54) is 0 Å². The molecule has 0 aliphatic carbocycles. The number of aliphatic carboxylic acids is 1. The molecule has 0 amide bonds. The van der Waals surface area contributed by atoms with Gasteiger partial charge in [0.15, 0.2) is 0 Å². The van der Waals surface area contributed by atoms with E-state index in [9.17, 15) is 13.8 Å². The molecule has 5 N–H and O–H groups in total. The van der Waals surface area contributed by atoms with E-state index in [0.717, 1.165) is 0 Å². The lowest BCUT2D eigenvalue weighted by atomic mass is 10.2. The Morgan fingerprint density at radius 3 is 2.25 bits per heavy atom. The van der Waals surface area contributed by atoms with Crippen LogP contribution in [0.2, 0.25) is 0 Å². The first-order valence-corrected chi connectivity index (χ1v) is 4.61. The van der Waals surface area contributed by atoms with Gasteiger partial charge in [0, 0.05) is 6.42 Å².